The molecule has 1 aromatic rings. The number of carbonyl (C=O) groups excluding carboxylic acids is 2. The van der Waals surface area contributed by atoms with Crippen molar-refractivity contribution in [1.82, 2.24) is 9.62 Å². The Hall–Kier alpha value is -1.77. The molecular weight excluding hydrogens is 294 g/mol. The molecule has 1 aliphatic rings. The summed E-state index contributed by atoms with van der Waals surface area (Å²) in [4.78, 5) is 24.5. The number of fused-ring (bicyclic) bond motifs is 1. The van der Waals surface area contributed by atoms with Crippen molar-refractivity contribution in [3.8, 4) is 0 Å². The van der Waals surface area contributed by atoms with Crippen LogP contribution < -0.4 is 10.5 Å². The van der Waals surface area contributed by atoms with E-state index in [2.05, 4.69) is 4.72 Å². The topological polar surface area (TPSA) is 110 Å². The fourth-order valence-corrected chi connectivity index (χ4v) is 3.12. The van der Waals surface area contributed by atoms with Gasteiger partial charge in [0.05, 0.1) is 16.0 Å². The highest BCUT2D eigenvalue weighted by molar-refractivity contribution is 7.89. The van der Waals surface area contributed by atoms with E-state index in [9.17, 15) is 18.0 Å². The first-order valence-electron chi connectivity index (χ1n) is 6.28. The lowest BCUT2D eigenvalue weighted by Crippen LogP contribution is -2.45. The van der Waals surface area contributed by atoms with Crippen LogP contribution in [0.25, 0.3) is 0 Å². The van der Waals surface area contributed by atoms with Gasteiger partial charge in [-0.1, -0.05) is 0 Å². The van der Waals surface area contributed by atoms with Gasteiger partial charge in [-0.05, 0) is 32.0 Å². The van der Waals surface area contributed by atoms with Crippen molar-refractivity contribution in [2.45, 2.75) is 24.3 Å². The summed E-state index contributed by atoms with van der Waals surface area (Å²) in [5.74, 6) is -0.943. The summed E-state index contributed by atoms with van der Waals surface area (Å²) in [5, 5.41) is 0. The van der Waals surface area contributed by atoms with Gasteiger partial charge in [0.1, 0.15) is 0 Å². The lowest BCUT2D eigenvalue weighted by molar-refractivity contribution is 0.0693. The summed E-state index contributed by atoms with van der Waals surface area (Å²) in [6.45, 7) is 3.43. The highest BCUT2D eigenvalue weighted by Crippen LogP contribution is 2.24. The summed E-state index contributed by atoms with van der Waals surface area (Å²) in [5.41, 5.74) is 5.34. The number of sulfonamides is 1. The number of nitrogens with one attached hydrogen (secondary N) is 1. The SMILES string of the molecule is CN1C(=O)c2ccc(S(=O)(=O)NCC(C)(C)N)cc2C1=O. The number of carbonyl (C=O) groups is 2. The van der Waals surface area contributed by atoms with Gasteiger partial charge in [-0.3, -0.25) is 14.5 Å². The van der Waals surface area contributed by atoms with E-state index < -0.39 is 27.4 Å². The third-order valence-electron chi connectivity index (χ3n) is 3.09. The van der Waals surface area contributed by atoms with Gasteiger partial charge in [-0.25, -0.2) is 13.1 Å². The van der Waals surface area contributed by atoms with Gasteiger partial charge in [-0.2, -0.15) is 0 Å². The quantitative estimate of drug-likeness (QED) is 0.756. The second-order valence-electron chi connectivity index (χ2n) is 5.69. The second-order valence-corrected chi connectivity index (χ2v) is 7.46. The minimum absolute atomic E-state index is 0.0548. The Labute approximate surface area is 123 Å². The van der Waals surface area contributed by atoms with E-state index in [0.717, 1.165) is 4.90 Å². The van der Waals surface area contributed by atoms with Crippen molar-refractivity contribution >= 4 is 21.8 Å². The fourth-order valence-electron chi connectivity index (χ4n) is 1.87. The van der Waals surface area contributed by atoms with Crippen LogP contribution in [0, 0.1) is 0 Å². The third-order valence-corrected chi connectivity index (χ3v) is 4.49. The molecule has 7 nitrogen and oxygen atoms in total. The number of rotatable bonds is 4. The molecule has 3 N–H and O–H groups in total. The smallest absolute Gasteiger partial charge is 0.261 e. The lowest BCUT2D eigenvalue weighted by Gasteiger charge is -2.19. The first-order valence-corrected chi connectivity index (χ1v) is 7.76. The van der Waals surface area contributed by atoms with Crippen molar-refractivity contribution in [3.63, 3.8) is 0 Å². The Morgan fingerprint density at radius 1 is 1.19 bits per heavy atom. The summed E-state index contributed by atoms with van der Waals surface area (Å²) >= 11 is 0. The van der Waals surface area contributed by atoms with E-state index in [-0.39, 0.29) is 22.6 Å². The van der Waals surface area contributed by atoms with Crippen LogP contribution in [0.3, 0.4) is 0 Å². The van der Waals surface area contributed by atoms with E-state index in [1.807, 2.05) is 0 Å². The Kier molecular flexibility index (Phi) is 3.64. The minimum atomic E-state index is -3.79. The average molecular weight is 311 g/mol. The van der Waals surface area contributed by atoms with Crippen LogP contribution in [-0.4, -0.2) is 44.3 Å². The van der Waals surface area contributed by atoms with Crippen LogP contribution in [0.5, 0.6) is 0 Å². The average Bonchev–Trinajstić information content (AvgIpc) is 2.61. The minimum Gasteiger partial charge on any atom is -0.324 e. The van der Waals surface area contributed by atoms with Gasteiger partial charge in [-0.15, -0.1) is 0 Å². The van der Waals surface area contributed by atoms with Crippen LogP contribution in [0.2, 0.25) is 0 Å². The summed E-state index contributed by atoms with van der Waals surface area (Å²) in [6, 6.07) is 3.86. The first-order chi connectivity index (χ1) is 9.53. The molecule has 0 fully saturated rings. The molecule has 8 heteroatoms. The van der Waals surface area contributed by atoms with Crippen molar-refractivity contribution < 1.29 is 18.0 Å². The second kappa shape index (κ2) is 4.90. The number of hydrogen-bond donors (Lipinski definition) is 2. The largest absolute Gasteiger partial charge is 0.324 e. The molecule has 0 aliphatic carbocycles. The predicted molar refractivity (Wildman–Crippen MR) is 76.3 cm³/mol. The number of nitrogens with two attached hydrogens (primary N) is 1. The molecule has 0 saturated heterocycles. The van der Waals surface area contributed by atoms with Gasteiger partial charge in [0.25, 0.3) is 11.8 Å². The van der Waals surface area contributed by atoms with Gasteiger partial charge < -0.3 is 5.73 Å². The molecule has 1 heterocycles. The lowest BCUT2D eigenvalue weighted by atomic mass is 10.1. The number of hydrogen-bond acceptors (Lipinski definition) is 5. The standard InChI is InChI=1S/C13H17N3O4S/c1-13(2,14)7-15-21(19,20)8-4-5-9-10(6-8)12(18)16(3)11(9)17/h4-6,15H,7,14H2,1-3H3. The highest BCUT2D eigenvalue weighted by atomic mass is 32.2. The van der Waals surface area contributed by atoms with Crippen LogP contribution in [0.15, 0.2) is 23.1 Å². The number of nitrogens with zero attached hydrogens (tertiary/aromatic N) is 1. The molecule has 1 aliphatic heterocycles. The zero-order chi connectivity index (χ0) is 16.0. The maximum absolute atomic E-state index is 12.2. The summed E-state index contributed by atoms with van der Waals surface area (Å²) < 4.78 is 26.7. The zero-order valence-corrected chi connectivity index (χ0v) is 12.8. The van der Waals surface area contributed by atoms with E-state index in [4.69, 9.17) is 5.73 Å². The molecule has 2 rings (SSSR count). The van der Waals surface area contributed by atoms with E-state index in [1.54, 1.807) is 13.8 Å². The van der Waals surface area contributed by atoms with Crippen molar-refractivity contribution in [2.75, 3.05) is 13.6 Å². The van der Waals surface area contributed by atoms with Crippen LogP contribution >= 0.6 is 0 Å². The molecule has 0 unspecified atom stereocenters. The normalized spacial score (nSPS) is 15.5. The predicted octanol–water partition coefficient (Wildman–Crippen LogP) is -0.0720. The van der Waals surface area contributed by atoms with Crippen LogP contribution in [0.4, 0.5) is 0 Å². The zero-order valence-electron chi connectivity index (χ0n) is 12.0. The molecular formula is C13H17N3O4S. The van der Waals surface area contributed by atoms with Gasteiger partial charge in [0.15, 0.2) is 0 Å². The number of amides is 2. The summed E-state index contributed by atoms with van der Waals surface area (Å²) in [6.07, 6.45) is 0. The maximum Gasteiger partial charge on any atom is 0.261 e. The molecule has 0 aromatic heterocycles. The van der Waals surface area contributed by atoms with Crippen molar-refractivity contribution in [3.05, 3.63) is 29.3 Å². The fraction of sp³-hybridized carbons (Fsp3) is 0.385. The molecule has 21 heavy (non-hydrogen) atoms. The van der Waals surface area contributed by atoms with Crippen LogP contribution in [0.1, 0.15) is 34.6 Å². The van der Waals surface area contributed by atoms with E-state index in [1.165, 1.54) is 25.2 Å². The van der Waals surface area contributed by atoms with Gasteiger partial charge >= 0.3 is 0 Å². The van der Waals surface area contributed by atoms with Crippen molar-refractivity contribution in [1.29, 1.82) is 0 Å². The molecule has 0 bridgehead atoms. The molecule has 0 spiro atoms. The maximum atomic E-state index is 12.2. The highest BCUT2D eigenvalue weighted by Gasteiger charge is 2.34. The van der Waals surface area contributed by atoms with Crippen LogP contribution in [-0.2, 0) is 10.0 Å². The van der Waals surface area contributed by atoms with E-state index in [0.29, 0.717) is 0 Å². The molecule has 1 aromatic carbocycles. The first kappa shape index (κ1) is 15.6. The summed E-state index contributed by atoms with van der Waals surface area (Å²) in [7, 11) is -2.43. The molecule has 0 radical (unpaired) electrons. The monoisotopic (exact) mass is 311 g/mol. The third kappa shape index (κ3) is 2.97. The Bertz CT molecular complexity index is 719. The molecule has 0 atom stereocenters. The van der Waals surface area contributed by atoms with Gasteiger partial charge in [0, 0.05) is 19.1 Å². The van der Waals surface area contributed by atoms with Gasteiger partial charge in [0.2, 0.25) is 10.0 Å². The molecule has 0 saturated carbocycles. The van der Waals surface area contributed by atoms with E-state index >= 15 is 0 Å². The Morgan fingerprint density at radius 2 is 1.76 bits per heavy atom. The number of imide groups is 1. The molecule has 114 valence electrons. The Balaban J connectivity index is 2.36. The molecule has 2 amide bonds. The number of benzene rings is 1. The Morgan fingerprint density at radius 3 is 2.33 bits per heavy atom. The van der Waals surface area contributed by atoms with Crippen molar-refractivity contribution in [2.24, 2.45) is 5.73 Å².